The molecule has 122 valence electrons. The van der Waals surface area contributed by atoms with Crippen LogP contribution in [-0.4, -0.2) is 16.0 Å². The number of para-hydroxylation sites is 1. The van der Waals surface area contributed by atoms with Crippen LogP contribution in [0, 0.1) is 20.8 Å². The Morgan fingerprint density at radius 2 is 1.79 bits per heavy atom. The van der Waals surface area contributed by atoms with Gasteiger partial charge in [-0.2, -0.15) is 5.10 Å². The molecule has 1 heterocycles. The first-order valence-corrected chi connectivity index (χ1v) is 7.79. The number of nitrogens with one attached hydrogen (secondary N) is 2. The topological polar surface area (TPSA) is 62.2 Å². The van der Waals surface area contributed by atoms with Crippen molar-refractivity contribution >= 4 is 11.9 Å². The van der Waals surface area contributed by atoms with E-state index in [2.05, 4.69) is 22.5 Å². The Morgan fingerprint density at radius 3 is 2.50 bits per heavy atom. The van der Waals surface area contributed by atoms with Gasteiger partial charge < -0.3 is 0 Å². The van der Waals surface area contributed by atoms with Crippen molar-refractivity contribution in [3.8, 4) is 5.69 Å². The molecule has 24 heavy (non-hydrogen) atoms. The number of rotatable bonds is 4. The van der Waals surface area contributed by atoms with Crippen LogP contribution in [0.1, 0.15) is 22.4 Å². The van der Waals surface area contributed by atoms with E-state index < -0.39 is 0 Å². The maximum Gasteiger partial charge on any atom is 0.280 e. The van der Waals surface area contributed by atoms with Crippen molar-refractivity contribution in [2.75, 3.05) is 5.43 Å². The lowest BCUT2D eigenvalue weighted by atomic mass is 10.1. The SMILES string of the molecule is Cc1ccc(-n2[nH]c(C)c(/C=N/Nc3ccccc3)c2=O)cc1C. The summed E-state index contributed by atoms with van der Waals surface area (Å²) in [6.45, 7) is 5.95. The van der Waals surface area contributed by atoms with Gasteiger partial charge in [-0.25, -0.2) is 4.68 Å². The molecule has 2 N–H and O–H groups in total. The van der Waals surface area contributed by atoms with E-state index in [0.29, 0.717) is 5.56 Å². The molecule has 2 aromatic carbocycles. The number of nitrogens with zero attached hydrogens (tertiary/aromatic N) is 2. The van der Waals surface area contributed by atoms with Gasteiger partial charge in [-0.1, -0.05) is 24.3 Å². The third-order valence-electron chi connectivity index (χ3n) is 4.03. The summed E-state index contributed by atoms with van der Waals surface area (Å²) in [5.74, 6) is 0. The molecule has 3 rings (SSSR count). The summed E-state index contributed by atoms with van der Waals surface area (Å²) in [5.41, 5.74) is 8.15. The van der Waals surface area contributed by atoms with Crippen molar-refractivity contribution < 1.29 is 0 Å². The lowest BCUT2D eigenvalue weighted by molar-refractivity contribution is 0.833. The van der Waals surface area contributed by atoms with Crippen LogP contribution in [0.3, 0.4) is 0 Å². The average Bonchev–Trinajstić information content (AvgIpc) is 2.86. The van der Waals surface area contributed by atoms with Crippen LogP contribution < -0.4 is 11.0 Å². The van der Waals surface area contributed by atoms with Crippen LogP contribution in [-0.2, 0) is 0 Å². The molecule has 0 fully saturated rings. The summed E-state index contributed by atoms with van der Waals surface area (Å²) in [4.78, 5) is 12.6. The number of aromatic nitrogens is 2. The number of hydrazone groups is 1. The van der Waals surface area contributed by atoms with Crippen molar-refractivity contribution in [1.82, 2.24) is 9.78 Å². The first kappa shape index (κ1) is 15.8. The molecular weight excluding hydrogens is 300 g/mol. The second-order valence-corrected chi connectivity index (χ2v) is 5.80. The maximum atomic E-state index is 12.6. The molecule has 0 bridgehead atoms. The van der Waals surface area contributed by atoms with Crippen molar-refractivity contribution in [3.63, 3.8) is 0 Å². The minimum absolute atomic E-state index is 0.116. The zero-order valence-electron chi connectivity index (χ0n) is 14.0. The number of hydrogen-bond donors (Lipinski definition) is 2. The highest BCUT2D eigenvalue weighted by Crippen LogP contribution is 2.13. The van der Waals surface area contributed by atoms with Crippen LogP contribution in [0.2, 0.25) is 0 Å². The van der Waals surface area contributed by atoms with E-state index in [1.807, 2.05) is 62.4 Å². The monoisotopic (exact) mass is 320 g/mol. The average molecular weight is 320 g/mol. The molecule has 0 aliphatic rings. The van der Waals surface area contributed by atoms with Gasteiger partial charge in [-0.3, -0.25) is 15.3 Å². The predicted molar refractivity (Wildman–Crippen MR) is 98.3 cm³/mol. The van der Waals surface area contributed by atoms with Gasteiger partial charge in [-0.15, -0.1) is 0 Å². The second-order valence-electron chi connectivity index (χ2n) is 5.80. The molecule has 0 aliphatic heterocycles. The van der Waals surface area contributed by atoms with Crippen molar-refractivity contribution in [1.29, 1.82) is 0 Å². The van der Waals surface area contributed by atoms with Crippen LogP contribution in [0.25, 0.3) is 5.69 Å². The fourth-order valence-electron chi connectivity index (χ4n) is 2.44. The van der Waals surface area contributed by atoms with Gasteiger partial charge in [0, 0.05) is 5.69 Å². The van der Waals surface area contributed by atoms with E-state index in [0.717, 1.165) is 22.6 Å². The number of H-pyrrole nitrogens is 1. The zero-order valence-corrected chi connectivity index (χ0v) is 14.0. The van der Waals surface area contributed by atoms with Gasteiger partial charge in [0.1, 0.15) is 0 Å². The summed E-state index contributed by atoms with van der Waals surface area (Å²) in [6, 6.07) is 15.5. The van der Waals surface area contributed by atoms with E-state index in [1.165, 1.54) is 5.56 Å². The molecular formula is C19H20N4O. The Hall–Kier alpha value is -3.08. The Balaban J connectivity index is 1.89. The van der Waals surface area contributed by atoms with E-state index in [-0.39, 0.29) is 5.56 Å². The van der Waals surface area contributed by atoms with Crippen molar-refractivity contribution in [2.45, 2.75) is 20.8 Å². The van der Waals surface area contributed by atoms with Crippen LogP contribution in [0.5, 0.6) is 0 Å². The first-order valence-electron chi connectivity index (χ1n) is 7.79. The molecule has 5 nitrogen and oxygen atoms in total. The molecule has 5 heteroatoms. The lowest BCUT2D eigenvalue weighted by Crippen LogP contribution is -2.17. The third-order valence-corrected chi connectivity index (χ3v) is 4.03. The summed E-state index contributed by atoms with van der Waals surface area (Å²) in [5, 5.41) is 7.27. The number of anilines is 1. The van der Waals surface area contributed by atoms with Gasteiger partial charge in [0.05, 0.1) is 23.2 Å². The molecule has 0 radical (unpaired) electrons. The summed E-state index contributed by atoms with van der Waals surface area (Å²) >= 11 is 0. The van der Waals surface area contributed by atoms with Gasteiger partial charge in [0.25, 0.3) is 5.56 Å². The van der Waals surface area contributed by atoms with Gasteiger partial charge in [0.2, 0.25) is 0 Å². The molecule has 0 atom stereocenters. The van der Waals surface area contributed by atoms with E-state index in [9.17, 15) is 4.79 Å². The first-order chi connectivity index (χ1) is 11.6. The molecule has 0 saturated carbocycles. The highest BCUT2D eigenvalue weighted by molar-refractivity contribution is 5.81. The largest absolute Gasteiger partial charge is 0.295 e. The Kier molecular flexibility index (Phi) is 4.33. The summed E-state index contributed by atoms with van der Waals surface area (Å²) < 4.78 is 1.55. The predicted octanol–water partition coefficient (Wildman–Crippen LogP) is 3.54. The van der Waals surface area contributed by atoms with Gasteiger partial charge >= 0.3 is 0 Å². The normalized spacial score (nSPS) is 11.1. The van der Waals surface area contributed by atoms with Crippen molar-refractivity contribution in [2.24, 2.45) is 5.10 Å². The van der Waals surface area contributed by atoms with Crippen molar-refractivity contribution in [3.05, 3.63) is 81.3 Å². The number of aryl methyl sites for hydroxylation is 3. The minimum atomic E-state index is -0.116. The molecule has 0 amide bonds. The highest BCUT2D eigenvalue weighted by Gasteiger charge is 2.11. The number of aromatic amines is 1. The van der Waals surface area contributed by atoms with E-state index >= 15 is 0 Å². The maximum absolute atomic E-state index is 12.6. The lowest BCUT2D eigenvalue weighted by Gasteiger charge is -2.05. The number of benzene rings is 2. The molecule has 3 aromatic rings. The van der Waals surface area contributed by atoms with Crippen LogP contribution in [0.15, 0.2) is 58.4 Å². The zero-order chi connectivity index (χ0) is 17.1. The fourth-order valence-corrected chi connectivity index (χ4v) is 2.44. The third kappa shape index (κ3) is 3.15. The molecule has 0 saturated heterocycles. The molecule has 0 unspecified atom stereocenters. The molecule has 0 spiro atoms. The molecule has 1 aromatic heterocycles. The van der Waals surface area contributed by atoms with Crippen LogP contribution >= 0.6 is 0 Å². The second kappa shape index (κ2) is 6.58. The number of hydrogen-bond acceptors (Lipinski definition) is 3. The van der Waals surface area contributed by atoms with Gasteiger partial charge in [0.15, 0.2) is 0 Å². The Bertz CT molecular complexity index is 936. The quantitative estimate of drug-likeness (QED) is 0.570. The van der Waals surface area contributed by atoms with E-state index in [4.69, 9.17) is 0 Å². The Labute approximate surface area is 140 Å². The summed E-state index contributed by atoms with van der Waals surface area (Å²) in [7, 11) is 0. The fraction of sp³-hybridized carbons (Fsp3) is 0.158. The smallest absolute Gasteiger partial charge is 0.280 e. The summed E-state index contributed by atoms with van der Waals surface area (Å²) in [6.07, 6.45) is 1.55. The highest BCUT2D eigenvalue weighted by atomic mass is 16.1. The molecule has 0 aliphatic carbocycles. The minimum Gasteiger partial charge on any atom is -0.295 e. The standard InChI is InChI=1S/C19H20N4O/c1-13-9-10-17(11-14(13)2)23-19(24)18(15(3)22-23)12-20-21-16-7-5-4-6-8-16/h4-12,21-22H,1-3H3/b20-12+. The van der Waals surface area contributed by atoms with Gasteiger partial charge in [-0.05, 0) is 56.2 Å². The Morgan fingerprint density at radius 1 is 1.04 bits per heavy atom. The van der Waals surface area contributed by atoms with Crippen LogP contribution in [0.4, 0.5) is 5.69 Å². The van der Waals surface area contributed by atoms with E-state index in [1.54, 1.807) is 10.9 Å².